The van der Waals surface area contributed by atoms with E-state index < -0.39 is 23.1 Å². The fraction of sp³-hybridized carbons (Fsp3) is 0.500. The van der Waals surface area contributed by atoms with Crippen LogP contribution in [0.25, 0.3) is 0 Å². The Kier molecular flexibility index (Phi) is 5.13. The summed E-state index contributed by atoms with van der Waals surface area (Å²) in [6.07, 6.45) is 0.744. The van der Waals surface area contributed by atoms with Crippen molar-refractivity contribution in [2.24, 2.45) is 5.41 Å². The third-order valence-corrected chi connectivity index (χ3v) is 4.25. The zero-order chi connectivity index (χ0) is 16.2. The summed E-state index contributed by atoms with van der Waals surface area (Å²) in [5.74, 6) is -2.17. The maximum absolute atomic E-state index is 13.2. The van der Waals surface area contributed by atoms with Gasteiger partial charge in [0.15, 0.2) is 0 Å². The number of halogens is 1. The summed E-state index contributed by atoms with van der Waals surface area (Å²) in [4.78, 5) is 23.7. The van der Waals surface area contributed by atoms with Crippen molar-refractivity contribution in [2.75, 3.05) is 19.8 Å². The number of hydrogen-bond acceptors (Lipinski definition) is 3. The lowest BCUT2D eigenvalue weighted by Gasteiger charge is -2.33. The van der Waals surface area contributed by atoms with E-state index in [1.54, 1.807) is 19.1 Å². The van der Waals surface area contributed by atoms with Crippen molar-refractivity contribution in [3.05, 3.63) is 35.6 Å². The molecule has 0 spiro atoms. The van der Waals surface area contributed by atoms with E-state index in [9.17, 15) is 19.1 Å². The molecular formula is C16H20FNO4. The Bertz CT molecular complexity index is 555. The molecular weight excluding hydrogens is 289 g/mol. The van der Waals surface area contributed by atoms with E-state index in [2.05, 4.69) is 5.32 Å². The summed E-state index contributed by atoms with van der Waals surface area (Å²) < 4.78 is 18.4. The summed E-state index contributed by atoms with van der Waals surface area (Å²) in [5.41, 5.74) is -0.413. The second kappa shape index (κ2) is 6.87. The predicted molar refractivity (Wildman–Crippen MR) is 77.9 cm³/mol. The number of hydrogen-bond donors (Lipinski definition) is 2. The van der Waals surface area contributed by atoms with Gasteiger partial charge in [0.05, 0.1) is 11.3 Å². The number of carbonyl (C=O) groups is 2. The van der Waals surface area contributed by atoms with E-state index >= 15 is 0 Å². The molecule has 0 aromatic heterocycles. The zero-order valence-corrected chi connectivity index (χ0v) is 12.5. The molecule has 0 aliphatic carbocycles. The standard InChI is InChI=1S/C16H20FNO4/c1-11(12-3-2-4-13(17)9-12)14(19)18-10-16(15(20)21)5-7-22-8-6-16/h2-4,9,11H,5-8,10H2,1H3,(H,18,19)(H,20,21). The van der Waals surface area contributed by atoms with Crippen LogP contribution in [-0.4, -0.2) is 36.7 Å². The highest BCUT2D eigenvalue weighted by atomic mass is 19.1. The minimum atomic E-state index is -0.977. The van der Waals surface area contributed by atoms with Gasteiger partial charge in [0.1, 0.15) is 5.82 Å². The SMILES string of the molecule is CC(C(=O)NCC1(C(=O)O)CCOCC1)c1cccc(F)c1. The number of rotatable bonds is 5. The van der Waals surface area contributed by atoms with Crippen molar-refractivity contribution in [2.45, 2.75) is 25.7 Å². The molecule has 1 aromatic carbocycles. The Hall–Kier alpha value is -1.95. The molecule has 120 valence electrons. The molecule has 2 rings (SSSR count). The van der Waals surface area contributed by atoms with E-state index in [1.807, 2.05) is 0 Å². The van der Waals surface area contributed by atoms with Crippen LogP contribution in [0.4, 0.5) is 4.39 Å². The second-order valence-corrected chi connectivity index (χ2v) is 5.69. The van der Waals surface area contributed by atoms with Crippen LogP contribution >= 0.6 is 0 Å². The molecule has 5 nitrogen and oxygen atoms in total. The van der Waals surface area contributed by atoms with Crippen molar-refractivity contribution >= 4 is 11.9 Å². The van der Waals surface area contributed by atoms with Crippen LogP contribution in [0.15, 0.2) is 24.3 Å². The van der Waals surface area contributed by atoms with E-state index in [1.165, 1.54) is 12.1 Å². The molecule has 0 radical (unpaired) electrons. The normalized spacial score (nSPS) is 18.5. The monoisotopic (exact) mass is 309 g/mol. The first-order chi connectivity index (χ1) is 10.4. The molecule has 1 unspecified atom stereocenters. The number of aliphatic carboxylic acids is 1. The van der Waals surface area contributed by atoms with Crippen molar-refractivity contribution in [3.63, 3.8) is 0 Å². The third kappa shape index (κ3) is 3.62. The molecule has 1 aliphatic rings. The van der Waals surface area contributed by atoms with E-state index in [4.69, 9.17) is 4.74 Å². The molecule has 2 N–H and O–H groups in total. The largest absolute Gasteiger partial charge is 0.481 e. The second-order valence-electron chi connectivity index (χ2n) is 5.69. The van der Waals surface area contributed by atoms with Crippen LogP contribution < -0.4 is 5.32 Å². The number of ether oxygens (including phenoxy) is 1. The molecule has 1 heterocycles. The number of carboxylic acids is 1. The average molecular weight is 309 g/mol. The average Bonchev–Trinajstić information content (AvgIpc) is 2.52. The number of carbonyl (C=O) groups excluding carboxylic acids is 1. The van der Waals surface area contributed by atoms with Gasteiger partial charge in [-0.25, -0.2) is 4.39 Å². The lowest BCUT2D eigenvalue weighted by atomic mass is 9.80. The van der Waals surface area contributed by atoms with Gasteiger partial charge in [0.25, 0.3) is 0 Å². The van der Waals surface area contributed by atoms with E-state index in [-0.39, 0.29) is 12.5 Å². The first kappa shape index (κ1) is 16.4. The fourth-order valence-electron chi connectivity index (χ4n) is 2.57. The first-order valence-corrected chi connectivity index (χ1v) is 7.29. The third-order valence-electron chi connectivity index (χ3n) is 4.25. The summed E-state index contributed by atoms with van der Waals surface area (Å²) in [6.45, 7) is 2.48. The summed E-state index contributed by atoms with van der Waals surface area (Å²) in [7, 11) is 0. The predicted octanol–water partition coefficient (Wildman–Crippen LogP) is 1.93. The molecule has 1 atom stereocenters. The molecule has 1 fully saturated rings. The summed E-state index contributed by atoms with van der Waals surface area (Å²) in [5, 5.41) is 12.1. The Morgan fingerprint density at radius 3 is 2.68 bits per heavy atom. The van der Waals surface area contributed by atoms with E-state index in [0.717, 1.165) is 0 Å². The van der Waals surface area contributed by atoms with Gasteiger partial charge in [0.2, 0.25) is 5.91 Å². The topological polar surface area (TPSA) is 75.6 Å². The van der Waals surface area contributed by atoms with Gasteiger partial charge in [-0.05, 0) is 37.5 Å². The van der Waals surface area contributed by atoms with Gasteiger partial charge in [-0.2, -0.15) is 0 Å². The highest BCUT2D eigenvalue weighted by Gasteiger charge is 2.40. The number of benzene rings is 1. The van der Waals surface area contributed by atoms with Gasteiger partial charge < -0.3 is 15.2 Å². The van der Waals surface area contributed by atoms with Crippen LogP contribution in [0.3, 0.4) is 0 Å². The molecule has 22 heavy (non-hydrogen) atoms. The van der Waals surface area contributed by atoms with Gasteiger partial charge >= 0.3 is 5.97 Å². The van der Waals surface area contributed by atoms with Gasteiger partial charge in [0, 0.05) is 19.8 Å². The smallest absolute Gasteiger partial charge is 0.311 e. The molecule has 1 aromatic rings. The summed E-state index contributed by atoms with van der Waals surface area (Å²) >= 11 is 0. The molecule has 1 aliphatic heterocycles. The fourth-order valence-corrected chi connectivity index (χ4v) is 2.57. The number of nitrogens with one attached hydrogen (secondary N) is 1. The highest BCUT2D eigenvalue weighted by Crippen LogP contribution is 2.30. The van der Waals surface area contributed by atoms with Crippen molar-refractivity contribution in [1.82, 2.24) is 5.32 Å². The first-order valence-electron chi connectivity index (χ1n) is 7.29. The Morgan fingerprint density at radius 1 is 1.41 bits per heavy atom. The Morgan fingerprint density at radius 2 is 2.09 bits per heavy atom. The molecule has 1 amide bonds. The van der Waals surface area contributed by atoms with Crippen LogP contribution in [0.5, 0.6) is 0 Å². The number of carboxylic acid groups (broad SMARTS) is 1. The Balaban J connectivity index is 2.00. The van der Waals surface area contributed by atoms with Gasteiger partial charge in [-0.15, -0.1) is 0 Å². The van der Waals surface area contributed by atoms with Crippen LogP contribution in [0.2, 0.25) is 0 Å². The van der Waals surface area contributed by atoms with Gasteiger partial charge in [-0.1, -0.05) is 12.1 Å². The quantitative estimate of drug-likeness (QED) is 0.871. The van der Waals surface area contributed by atoms with Crippen molar-refractivity contribution < 1.29 is 23.8 Å². The summed E-state index contributed by atoms with van der Waals surface area (Å²) in [6, 6.07) is 5.85. The number of amides is 1. The maximum Gasteiger partial charge on any atom is 0.311 e. The van der Waals surface area contributed by atoms with Crippen molar-refractivity contribution in [3.8, 4) is 0 Å². The van der Waals surface area contributed by atoms with Crippen LogP contribution in [0, 0.1) is 11.2 Å². The molecule has 6 heteroatoms. The van der Waals surface area contributed by atoms with E-state index in [0.29, 0.717) is 31.6 Å². The minimum Gasteiger partial charge on any atom is -0.481 e. The van der Waals surface area contributed by atoms with Crippen LogP contribution in [0.1, 0.15) is 31.2 Å². The molecule has 0 saturated carbocycles. The Labute approximate surface area is 128 Å². The van der Waals surface area contributed by atoms with Crippen molar-refractivity contribution in [1.29, 1.82) is 0 Å². The van der Waals surface area contributed by atoms with Crippen LogP contribution in [-0.2, 0) is 14.3 Å². The lowest BCUT2D eigenvalue weighted by molar-refractivity contribution is -0.154. The zero-order valence-electron chi connectivity index (χ0n) is 12.5. The van der Waals surface area contributed by atoms with Gasteiger partial charge in [-0.3, -0.25) is 9.59 Å². The minimum absolute atomic E-state index is 0.0597. The molecule has 0 bridgehead atoms. The lowest BCUT2D eigenvalue weighted by Crippen LogP contribution is -2.47. The molecule has 1 saturated heterocycles. The highest BCUT2D eigenvalue weighted by molar-refractivity contribution is 5.84. The maximum atomic E-state index is 13.2.